The summed E-state index contributed by atoms with van der Waals surface area (Å²) in [6, 6.07) is 1.98. The van der Waals surface area contributed by atoms with Crippen molar-refractivity contribution in [3.63, 3.8) is 0 Å². The Bertz CT molecular complexity index is 255. The van der Waals surface area contributed by atoms with Crippen LogP contribution in [0, 0.1) is 5.41 Å². The Morgan fingerprint density at radius 1 is 1.58 bits per heavy atom. The summed E-state index contributed by atoms with van der Waals surface area (Å²) in [4.78, 5) is 0. The number of alkyl halides is 1. The van der Waals surface area contributed by atoms with Crippen LogP contribution in [0.3, 0.4) is 0 Å². The molecule has 68 valence electrons. The summed E-state index contributed by atoms with van der Waals surface area (Å²) in [6.45, 7) is 4.28. The molecule has 1 rings (SSSR count). The van der Waals surface area contributed by atoms with Gasteiger partial charge in [-0.2, -0.15) is 0 Å². The highest BCUT2D eigenvalue weighted by Crippen LogP contribution is 2.25. The zero-order valence-electron chi connectivity index (χ0n) is 7.23. The molecule has 1 aromatic heterocycles. The molecule has 3 heteroatoms. The number of halogens is 2. The second-order valence-corrected chi connectivity index (χ2v) is 4.78. The van der Waals surface area contributed by atoms with Crippen LogP contribution in [0.1, 0.15) is 19.4 Å². The maximum atomic E-state index is 5.81. The van der Waals surface area contributed by atoms with Crippen LogP contribution in [0.2, 0.25) is 0 Å². The minimum Gasteiger partial charge on any atom is -0.457 e. The second kappa shape index (κ2) is 3.84. The molecule has 0 saturated heterocycles. The van der Waals surface area contributed by atoms with Crippen molar-refractivity contribution in [1.82, 2.24) is 0 Å². The molecule has 0 saturated carbocycles. The highest BCUT2D eigenvalue weighted by Gasteiger charge is 2.17. The van der Waals surface area contributed by atoms with E-state index >= 15 is 0 Å². The van der Waals surface area contributed by atoms with E-state index in [1.807, 2.05) is 6.07 Å². The minimum absolute atomic E-state index is 0.144. The van der Waals surface area contributed by atoms with Gasteiger partial charge in [-0.15, -0.1) is 11.6 Å². The van der Waals surface area contributed by atoms with Crippen LogP contribution >= 0.6 is 27.5 Å². The molecule has 0 aliphatic rings. The molecule has 0 aliphatic carbocycles. The molecular formula is C9H12BrClO. The molecule has 1 aromatic rings. The quantitative estimate of drug-likeness (QED) is 0.744. The average molecular weight is 252 g/mol. The van der Waals surface area contributed by atoms with E-state index in [2.05, 4.69) is 29.8 Å². The summed E-state index contributed by atoms with van der Waals surface area (Å²) >= 11 is 9.07. The lowest BCUT2D eigenvalue weighted by Crippen LogP contribution is -2.16. The fourth-order valence-corrected chi connectivity index (χ4v) is 1.52. The van der Waals surface area contributed by atoms with Crippen molar-refractivity contribution in [1.29, 1.82) is 0 Å². The third kappa shape index (κ3) is 2.83. The monoisotopic (exact) mass is 250 g/mol. The molecule has 12 heavy (non-hydrogen) atoms. The Morgan fingerprint density at radius 2 is 2.25 bits per heavy atom. The lowest BCUT2D eigenvalue weighted by Gasteiger charge is -2.19. The summed E-state index contributed by atoms with van der Waals surface area (Å²) in [7, 11) is 0. The first-order valence-electron chi connectivity index (χ1n) is 3.82. The normalized spacial score (nSPS) is 12.0. The van der Waals surface area contributed by atoms with E-state index in [1.54, 1.807) is 6.26 Å². The molecule has 0 aliphatic heterocycles. The van der Waals surface area contributed by atoms with E-state index in [4.69, 9.17) is 16.0 Å². The van der Waals surface area contributed by atoms with Crippen LogP contribution in [0.4, 0.5) is 0 Å². The first-order chi connectivity index (χ1) is 5.53. The number of rotatable bonds is 3. The van der Waals surface area contributed by atoms with Gasteiger partial charge in [-0.1, -0.05) is 13.8 Å². The minimum atomic E-state index is 0.144. The van der Waals surface area contributed by atoms with Gasteiger partial charge in [0.2, 0.25) is 0 Å². The van der Waals surface area contributed by atoms with Gasteiger partial charge in [0.05, 0.1) is 6.26 Å². The van der Waals surface area contributed by atoms with E-state index in [1.165, 1.54) is 5.56 Å². The molecule has 0 radical (unpaired) electrons. The average Bonchev–Trinajstić information content (AvgIpc) is 2.35. The van der Waals surface area contributed by atoms with Gasteiger partial charge < -0.3 is 4.42 Å². The van der Waals surface area contributed by atoms with Crippen LogP contribution in [0.5, 0.6) is 0 Å². The first kappa shape index (κ1) is 10.1. The topological polar surface area (TPSA) is 13.1 Å². The van der Waals surface area contributed by atoms with Crippen LogP contribution in [0.25, 0.3) is 0 Å². The molecule has 0 bridgehead atoms. The standard InChI is InChI=1S/C9H12BrClO/c1-9(2,6-11)4-7-3-8(10)12-5-7/h3,5H,4,6H2,1-2H3. The Hall–Kier alpha value is 0.0500. The highest BCUT2D eigenvalue weighted by atomic mass is 79.9. The maximum absolute atomic E-state index is 5.81. The van der Waals surface area contributed by atoms with E-state index in [0.29, 0.717) is 5.88 Å². The van der Waals surface area contributed by atoms with Crippen molar-refractivity contribution in [2.24, 2.45) is 5.41 Å². The van der Waals surface area contributed by atoms with Gasteiger partial charge in [0.1, 0.15) is 0 Å². The van der Waals surface area contributed by atoms with Crippen molar-refractivity contribution in [2.75, 3.05) is 5.88 Å². The Balaban J connectivity index is 2.63. The van der Waals surface area contributed by atoms with Gasteiger partial charge in [0.25, 0.3) is 0 Å². The van der Waals surface area contributed by atoms with E-state index in [-0.39, 0.29) is 5.41 Å². The lowest BCUT2D eigenvalue weighted by atomic mass is 9.89. The van der Waals surface area contributed by atoms with Gasteiger partial charge in [0.15, 0.2) is 4.67 Å². The Kier molecular flexibility index (Phi) is 3.24. The zero-order chi connectivity index (χ0) is 9.19. The fourth-order valence-electron chi connectivity index (χ4n) is 1.04. The SMILES string of the molecule is CC(C)(CCl)Cc1coc(Br)c1. The summed E-state index contributed by atoms with van der Waals surface area (Å²) in [5.74, 6) is 0.662. The third-order valence-electron chi connectivity index (χ3n) is 1.67. The van der Waals surface area contributed by atoms with Crippen molar-refractivity contribution < 1.29 is 4.42 Å². The lowest BCUT2D eigenvalue weighted by molar-refractivity contribution is 0.415. The Labute approximate surface area is 86.2 Å². The molecule has 0 amide bonds. The van der Waals surface area contributed by atoms with Gasteiger partial charge in [0, 0.05) is 5.88 Å². The van der Waals surface area contributed by atoms with Crippen molar-refractivity contribution in [2.45, 2.75) is 20.3 Å². The predicted octanol–water partition coefficient (Wildman–Crippen LogP) is 3.85. The largest absolute Gasteiger partial charge is 0.457 e. The first-order valence-corrected chi connectivity index (χ1v) is 5.15. The summed E-state index contributed by atoms with van der Waals surface area (Å²) < 4.78 is 5.91. The van der Waals surface area contributed by atoms with Crippen molar-refractivity contribution in [3.05, 3.63) is 22.6 Å². The van der Waals surface area contributed by atoms with Crippen LogP contribution in [-0.4, -0.2) is 5.88 Å². The molecule has 0 aromatic carbocycles. The molecular weight excluding hydrogens is 239 g/mol. The highest BCUT2D eigenvalue weighted by molar-refractivity contribution is 9.10. The third-order valence-corrected chi connectivity index (χ3v) is 2.81. The fraction of sp³-hybridized carbons (Fsp3) is 0.556. The second-order valence-electron chi connectivity index (χ2n) is 3.73. The number of hydrogen-bond donors (Lipinski definition) is 0. The molecule has 1 heterocycles. The summed E-state index contributed by atoms with van der Waals surface area (Å²) in [6.07, 6.45) is 2.71. The maximum Gasteiger partial charge on any atom is 0.169 e. The van der Waals surface area contributed by atoms with Gasteiger partial charge >= 0.3 is 0 Å². The summed E-state index contributed by atoms with van der Waals surface area (Å²) in [5, 5.41) is 0. The van der Waals surface area contributed by atoms with Crippen LogP contribution < -0.4 is 0 Å². The summed E-state index contributed by atoms with van der Waals surface area (Å²) in [5.41, 5.74) is 1.33. The number of furan rings is 1. The predicted molar refractivity (Wildman–Crippen MR) is 54.6 cm³/mol. The van der Waals surface area contributed by atoms with Gasteiger partial charge in [-0.3, -0.25) is 0 Å². The Morgan fingerprint density at radius 3 is 2.67 bits per heavy atom. The molecule has 0 atom stereocenters. The van der Waals surface area contributed by atoms with Gasteiger partial charge in [-0.05, 0) is 39.4 Å². The number of hydrogen-bond acceptors (Lipinski definition) is 1. The molecule has 0 spiro atoms. The van der Waals surface area contributed by atoms with Crippen LogP contribution in [0.15, 0.2) is 21.4 Å². The molecule has 1 nitrogen and oxygen atoms in total. The van der Waals surface area contributed by atoms with E-state index in [9.17, 15) is 0 Å². The molecule has 0 unspecified atom stereocenters. The van der Waals surface area contributed by atoms with E-state index in [0.717, 1.165) is 11.1 Å². The smallest absolute Gasteiger partial charge is 0.169 e. The molecule has 0 fully saturated rings. The van der Waals surface area contributed by atoms with Crippen LogP contribution in [-0.2, 0) is 6.42 Å². The van der Waals surface area contributed by atoms with Crippen molar-refractivity contribution >= 4 is 27.5 Å². The van der Waals surface area contributed by atoms with E-state index < -0.39 is 0 Å². The van der Waals surface area contributed by atoms with Gasteiger partial charge in [-0.25, -0.2) is 0 Å². The molecule has 0 N–H and O–H groups in total. The zero-order valence-corrected chi connectivity index (χ0v) is 9.58. The van der Waals surface area contributed by atoms with Crippen molar-refractivity contribution in [3.8, 4) is 0 Å².